The number of hydrogen-bond acceptors (Lipinski definition) is 4. The third-order valence-corrected chi connectivity index (χ3v) is 4.64. The number of pyridine rings is 1. The molecule has 1 saturated heterocycles. The minimum absolute atomic E-state index is 0.0550. The monoisotopic (exact) mass is 338 g/mol. The SMILES string of the molecule is CC(C)c1ccc(Nc2cncc(C(=O)N3CCN(C)CC3)c2)cc1. The summed E-state index contributed by atoms with van der Waals surface area (Å²) in [5.41, 5.74) is 3.77. The van der Waals surface area contributed by atoms with Crippen LogP contribution in [0.3, 0.4) is 0 Å². The zero-order chi connectivity index (χ0) is 17.8. The summed E-state index contributed by atoms with van der Waals surface area (Å²) in [4.78, 5) is 21.0. The maximum Gasteiger partial charge on any atom is 0.255 e. The van der Waals surface area contributed by atoms with E-state index in [1.165, 1.54) is 5.56 Å². The molecule has 1 aromatic heterocycles. The molecule has 5 nitrogen and oxygen atoms in total. The molecule has 0 saturated carbocycles. The fourth-order valence-electron chi connectivity index (χ4n) is 2.94. The molecule has 1 fully saturated rings. The molecule has 132 valence electrons. The van der Waals surface area contributed by atoms with Crippen molar-refractivity contribution in [2.75, 3.05) is 38.5 Å². The highest BCUT2D eigenvalue weighted by molar-refractivity contribution is 5.95. The maximum atomic E-state index is 12.7. The van der Waals surface area contributed by atoms with Crippen molar-refractivity contribution in [3.63, 3.8) is 0 Å². The Hall–Kier alpha value is -2.40. The van der Waals surface area contributed by atoms with E-state index < -0.39 is 0 Å². The van der Waals surface area contributed by atoms with Crippen molar-refractivity contribution in [3.8, 4) is 0 Å². The molecule has 0 atom stereocenters. The van der Waals surface area contributed by atoms with Gasteiger partial charge in [0.15, 0.2) is 0 Å². The van der Waals surface area contributed by atoms with E-state index >= 15 is 0 Å². The van der Waals surface area contributed by atoms with Crippen LogP contribution >= 0.6 is 0 Å². The number of likely N-dealkylation sites (N-methyl/N-ethyl adjacent to an activating group) is 1. The molecule has 25 heavy (non-hydrogen) atoms. The van der Waals surface area contributed by atoms with Gasteiger partial charge in [-0.3, -0.25) is 9.78 Å². The highest BCUT2D eigenvalue weighted by Crippen LogP contribution is 2.21. The van der Waals surface area contributed by atoms with Gasteiger partial charge < -0.3 is 15.1 Å². The predicted molar refractivity (Wildman–Crippen MR) is 101 cm³/mol. The van der Waals surface area contributed by atoms with Crippen LogP contribution in [0.2, 0.25) is 0 Å². The number of rotatable bonds is 4. The fraction of sp³-hybridized carbons (Fsp3) is 0.400. The number of carbonyl (C=O) groups excluding carboxylic acids is 1. The fourth-order valence-corrected chi connectivity index (χ4v) is 2.94. The van der Waals surface area contributed by atoms with Gasteiger partial charge in [-0.15, -0.1) is 0 Å². The molecule has 0 unspecified atom stereocenters. The van der Waals surface area contributed by atoms with Crippen LogP contribution in [0.4, 0.5) is 11.4 Å². The first-order valence-electron chi connectivity index (χ1n) is 8.83. The number of anilines is 2. The van der Waals surface area contributed by atoms with Crippen LogP contribution in [-0.4, -0.2) is 53.9 Å². The van der Waals surface area contributed by atoms with Crippen LogP contribution in [-0.2, 0) is 0 Å². The first-order chi connectivity index (χ1) is 12.0. The largest absolute Gasteiger partial charge is 0.354 e. The standard InChI is InChI=1S/C20H26N4O/c1-15(2)16-4-6-18(7-5-16)22-19-12-17(13-21-14-19)20(25)24-10-8-23(3)9-11-24/h4-7,12-15,22H,8-11H2,1-3H3. The van der Waals surface area contributed by atoms with Crippen molar-refractivity contribution in [3.05, 3.63) is 53.9 Å². The van der Waals surface area contributed by atoms with Crippen LogP contribution in [0.15, 0.2) is 42.7 Å². The van der Waals surface area contributed by atoms with Gasteiger partial charge in [-0.25, -0.2) is 0 Å². The second-order valence-electron chi connectivity index (χ2n) is 6.96. The van der Waals surface area contributed by atoms with Gasteiger partial charge in [0.2, 0.25) is 0 Å². The molecule has 0 aliphatic carbocycles. The smallest absolute Gasteiger partial charge is 0.255 e. The Morgan fingerprint density at radius 2 is 1.72 bits per heavy atom. The Labute approximate surface area is 149 Å². The minimum Gasteiger partial charge on any atom is -0.354 e. The lowest BCUT2D eigenvalue weighted by Gasteiger charge is -2.32. The molecule has 1 aliphatic heterocycles. The molecule has 1 aromatic carbocycles. The van der Waals surface area contributed by atoms with E-state index in [-0.39, 0.29) is 5.91 Å². The number of carbonyl (C=O) groups is 1. The zero-order valence-corrected chi connectivity index (χ0v) is 15.2. The Morgan fingerprint density at radius 1 is 1.04 bits per heavy atom. The number of nitrogens with one attached hydrogen (secondary N) is 1. The van der Waals surface area contributed by atoms with Crippen LogP contribution in [0, 0.1) is 0 Å². The third-order valence-electron chi connectivity index (χ3n) is 4.64. The van der Waals surface area contributed by atoms with Gasteiger partial charge in [0, 0.05) is 38.1 Å². The van der Waals surface area contributed by atoms with Crippen LogP contribution in [0.25, 0.3) is 0 Å². The topological polar surface area (TPSA) is 48.5 Å². The number of aromatic nitrogens is 1. The molecule has 1 aliphatic rings. The van der Waals surface area contributed by atoms with Gasteiger partial charge in [0.25, 0.3) is 5.91 Å². The summed E-state index contributed by atoms with van der Waals surface area (Å²) in [5, 5.41) is 3.33. The number of hydrogen-bond donors (Lipinski definition) is 1. The Bertz CT molecular complexity index is 719. The van der Waals surface area contributed by atoms with E-state index in [9.17, 15) is 4.79 Å². The molecule has 5 heteroatoms. The van der Waals surface area contributed by atoms with Crippen molar-refractivity contribution in [1.82, 2.24) is 14.8 Å². The number of piperazine rings is 1. The quantitative estimate of drug-likeness (QED) is 0.929. The molecule has 1 N–H and O–H groups in total. The molecule has 2 heterocycles. The summed E-state index contributed by atoms with van der Waals surface area (Å²) < 4.78 is 0. The molecule has 0 bridgehead atoms. The number of amides is 1. The lowest BCUT2D eigenvalue weighted by atomic mass is 10.0. The van der Waals surface area contributed by atoms with E-state index in [1.54, 1.807) is 12.4 Å². The lowest BCUT2D eigenvalue weighted by Crippen LogP contribution is -2.47. The number of nitrogens with zero attached hydrogens (tertiary/aromatic N) is 3. The molecular formula is C20H26N4O. The summed E-state index contributed by atoms with van der Waals surface area (Å²) in [6.07, 6.45) is 3.39. The van der Waals surface area contributed by atoms with Gasteiger partial charge in [-0.1, -0.05) is 26.0 Å². The van der Waals surface area contributed by atoms with Gasteiger partial charge in [0.1, 0.15) is 0 Å². The molecule has 0 radical (unpaired) electrons. The van der Waals surface area contributed by atoms with Crippen molar-refractivity contribution in [2.45, 2.75) is 19.8 Å². The average molecular weight is 338 g/mol. The predicted octanol–water partition coefficient (Wildman–Crippen LogP) is 3.34. The van der Waals surface area contributed by atoms with E-state index in [2.05, 4.69) is 60.4 Å². The van der Waals surface area contributed by atoms with Gasteiger partial charge >= 0.3 is 0 Å². The summed E-state index contributed by atoms with van der Waals surface area (Å²) >= 11 is 0. The van der Waals surface area contributed by atoms with Gasteiger partial charge in [-0.05, 0) is 36.7 Å². The molecule has 3 rings (SSSR count). The maximum absolute atomic E-state index is 12.7. The Morgan fingerprint density at radius 3 is 2.36 bits per heavy atom. The summed E-state index contributed by atoms with van der Waals surface area (Å²) in [5.74, 6) is 0.569. The van der Waals surface area contributed by atoms with Crippen molar-refractivity contribution in [2.24, 2.45) is 0 Å². The van der Waals surface area contributed by atoms with Gasteiger partial charge in [-0.2, -0.15) is 0 Å². The van der Waals surface area contributed by atoms with E-state index in [0.29, 0.717) is 11.5 Å². The average Bonchev–Trinajstić information content (AvgIpc) is 2.62. The highest BCUT2D eigenvalue weighted by Gasteiger charge is 2.20. The Balaban J connectivity index is 1.69. The zero-order valence-electron chi connectivity index (χ0n) is 15.2. The first kappa shape index (κ1) is 17.4. The van der Waals surface area contributed by atoms with Crippen molar-refractivity contribution >= 4 is 17.3 Å². The molecule has 1 amide bonds. The normalized spacial score (nSPS) is 15.4. The number of benzene rings is 1. The molecular weight excluding hydrogens is 312 g/mol. The van der Waals surface area contributed by atoms with Crippen molar-refractivity contribution in [1.29, 1.82) is 0 Å². The van der Waals surface area contributed by atoms with Crippen molar-refractivity contribution < 1.29 is 4.79 Å². The first-order valence-corrected chi connectivity index (χ1v) is 8.83. The Kier molecular flexibility index (Phi) is 5.34. The summed E-state index contributed by atoms with van der Waals surface area (Å²) in [6.45, 7) is 7.73. The summed E-state index contributed by atoms with van der Waals surface area (Å²) in [6, 6.07) is 10.2. The van der Waals surface area contributed by atoms with E-state index in [1.807, 2.05) is 11.0 Å². The van der Waals surface area contributed by atoms with E-state index in [0.717, 1.165) is 37.6 Å². The lowest BCUT2D eigenvalue weighted by molar-refractivity contribution is 0.0663. The van der Waals surface area contributed by atoms with Crippen LogP contribution < -0.4 is 5.32 Å². The highest BCUT2D eigenvalue weighted by atomic mass is 16.2. The minimum atomic E-state index is 0.0550. The molecule has 0 spiro atoms. The third kappa shape index (κ3) is 4.37. The van der Waals surface area contributed by atoms with Gasteiger partial charge in [0.05, 0.1) is 17.4 Å². The summed E-state index contributed by atoms with van der Waals surface area (Å²) in [7, 11) is 2.08. The van der Waals surface area contributed by atoms with Crippen LogP contribution in [0.1, 0.15) is 35.7 Å². The van der Waals surface area contributed by atoms with Crippen LogP contribution in [0.5, 0.6) is 0 Å². The van der Waals surface area contributed by atoms with E-state index in [4.69, 9.17) is 0 Å². The molecule has 2 aromatic rings. The second-order valence-corrected chi connectivity index (χ2v) is 6.96. The second kappa shape index (κ2) is 7.66.